The molecule has 3 aromatic rings. The van der Waals surface area contributed by atoms with E-state index in [1.165, 1.54) is 36.0 Å². The van der Waals surface area contributed by atoms with Gasteiger partial charge in [-0.1, -0.05) is 49.6 Å². The van der Waals surface area contributed by atoms with E-state index in [2.05, 4.69) is 48.0 Å². The SMILES string of the molecule is Cc1cc2ncn(CC(=O)N(Cc3ccccc3)C3CCCCC3)c2cc1C. The number of rotatable bonds is 5. The number of nitrogens with zero attached hydrogens (tertiary/aromatic N) is 3. The van der Waals surface area contributed by atoms with Crippen LogP contribution in [0.1, 0.15) is 48.8 Å². The van der Waals surface area contributed by atoms with Crippen molar-refractivity contribution in [2.45, 2.75) is 65.1 Å². The van der Waals surface area contributed by atoms with Gasteiger partial charge >= 0.3 is 0 Å². The molecule has 1 aromatic heterocycles. The third-order valence-corrected chi connectivity index (χ3v) is 6.07. The first kappa shape index (κ1) is 18.7. The summed E-state index contributed by atoms with van der Waals surface area (Å²) >= 11 is 0. The van der Waals surface area contributed by atoms with Gasteiger partial charge in [-0.25, -0.2) is 4.98 Å². The second-order valence-corrected chi connectivity index (χ2v) is 8.10. The molecule has 0 spiro atoms. The first-order valence-electron chi connectivity index (χ1n) is 10.4. The summed E-state index contributed by atoms with van der Waals surface area (Å²) in [6.45, 7) is 5.25. The van der Waals surface area contributed by atoms with Gasteiger partial charge in [-0.05, 0) is 55.5 Å². The predicted molar refractivity (Wildman–Crippen MR) is 113 cm³/mol. The number of aryl methyl sites for hydroxylation is 2. The van der Waals surface area contributed by atoms with Crippen molar-refractivity contribution in [1.82, 2.24) is 14.5 Å². The van der Waals surface area contributed by atoms with Crippen LogP contribution in [0.2, 0.25) is 0 Å². The largest absolute Gasteiger partial charge is 0.334 e. The number of hydrogen-bond donors (Lipinski definition) is 0. The predicted octanol–water partition coefficient (Wildman–Crippen LogP) is 5.01. The van der Waals surface area contributed by atoms with Gasteiger partial charge in [-0.15, -0.1) is 0 Å². The van der Waals surface area contributed by atoms with E-state index in [1.54, 1.807) is 0 Å². The van der Waals surface area contributed by atoms with Crippen molar-refractivity contribution in [3.8, 4) is 0 Å². The minimum absolute atomic E-state index is 0.188. The van der Waals surface area contributed by atoms with Crippen molar-refractivity contribution >= 4 is 16.9 Å². The maximum atomic E-state index is 13.4. The summed E-state index contributed by atoms with van der Waals surface area (Å²) in [6.07, 6.45) is 7.76. The average Bonchev–Trinajstić information content (AvgIpc) is 3.09. The molecule has 1 fully saturated rings. The number of aromatic nitrogens is 2. The number of amides is 1. The highest BCUT2D eigenvalue weighted by Gasteiger charge is 2.26. The van der Waals surface area contributed by atoms with E-state index in [0.717, 1.165) is 23.9 Å². The Morgan fingerprint density at radius 1 is 1.07 bits per heavy atom. The fourth-order valence-corrected chi connectivity index (χ4v) is 4.27. The Balaban J connectivity index is 1.59. The van der Waals surface area contributed by atoms with Crippen LogP contribution in [0, 0.1) is 13.8 Å². The summed E-state index contributed by atoms with van der Waals surface area (Å²) in [5, 5.41) is 0. The molecule has 0 N–H and O–H groups in total. The van der Waals surface area contributed by atoms with Crippen LogP contribution in [0.25, 0.3) is 11.0 Å². The third kappa shape index (κ3) is 3.96. The highest BCUT2D eigenvalue weighted by atomic mass is 16.2. The summed E-state index contributed by atoms with van der Waals surface area (Å²) in [5.41, 5.74) is 5.67. The van der Waals surface area contributed by atoms with E-state index < -0.39 is 0 Å². The lowest BCUT2D eigenvalue weighted by Crippen LogP contribution is -2.42. The summed E-state index contributed by atoms with van der Waals surface area (Å²) in [4.78, 5) is 20.0. The van der Waals surface area contributed by atoms with Crippen molar-refractivity contribution in [2.24, 2.45) is 0 Å². The van der Waals surface area contributed by atoms with Gasteiger partial charge < -0.3 is 9.47 Å². The lowest BCUT2D eigenvalue weighted by molar-refractivity contribution is -0.135. The molecule has 2 aromatic carbocycles. The third-order valence-electron chi connectivity index (χ3n) is 6.07. The van der Waals surface area contributed by atoms with Gasteiger partial charge in [0.25, 0.3) is 0 Å². The van der Waals surface area contributed by atoms with E-state index in [0.29, 0.717) is 19.1 Å². The molecule has 0 radical (unpaired) electrons. The Labute approximate surface area is 167 Å². The number of carbonyl (C=O) groups is 1. The quantitative estimate of drug-likeness (QED) is 0.628. The van der Waals surface area contributed by atoms with Crippen LogP contribution in [0.4, 0.5) is 0 Å². The van der Waals surface area contributed by atoms with Crippen LogP contribution in [0.3, 0.4) is 0 Å². The van der Waals surface area contributed by atoms with Crippen LogP contribution in [0.15, 0.2) is 48.8 Å². The molecule has 0 aliphatic heterocycles. The molecule has 0 bridgehead atoms. The van der Waals surface area contributed by atoms with Crippen molar-refractivity contribution in [1.29, 1.82) is 0 Å². The van der Waals surface area contributed by atoms with E-state index >= 15 is 0 Å². The Hall–Kier alpha value is -2.62. The van der Waals surface area contributed by atoms with Gasteiger partial charge in [0.1, 0.15) is 6.54 Å². The molecule has 4 heteroatoms. The van der Waals surface area contributed by atoms with E-state index in [9.17, 15) is 4.79 Å². The molecule has 0 atom stereocenters. The van der Waals surface area contributed by atoms with Crippen molar-refractivity contribution < 1.29 is 4.79 Å². The van der Waals surface area contributed by atoms with Crippen molar-refractivity contribution in [3.05, 3.63) is 65.5 Å². The molecule has 146 valence electrons. The van der Waals surface area contributed by atoms with Crippen LogP contribution >= 0.6 is 0 Å². The van der Waals surface area contributed by atoms with Gasteiger partial charge in [0.05, 0.1) is 17.4 Å². The molecule has 1 saturated carbocycles. The lowest BCUT2D eigenvalue weighted by Gasteiger charge is -2.34. The van der Waals surface area contributed by atoms with Crippen LogP contribution in [-0.2, 0) is 17.9 Å². The molecule has 28 heavy (non-hydrogen) atoms. The number of benzene rings is 2. The molecule has 4 rings (SSSR count). The highest BCUT2D eigenvalue weighted by molar-refractivity contribution is 5.81. The maximum Gasteiger partial charge on any atom is 0.243 e. The van der Waals surface area contributed by atoms with Crippen LogP contribution in [0.5, 0.6) is 0 Å². The molecule has 4 nitrogen and oxygen atoms in total. The standard InChI is InChI=1S/C24H29N3O/c1-18-13-22-23(14-19(18)2)26(17-25-22)16-24(28)27(21-11-7-4-8-12-21)15-20-9-5-3-6-10-20/h3,5-6,9-10,13-14,17,21H,4,7-8,11-12,15-16H2,1-2H3. The molecule has 1 aliphatic rings. The van der Waals surface area contributed by atoms with Gasteiger partial charge in [0, 0.05) is 12.6 Å². The fraction of sp³-hybridized carbons (Fsp3) is 0.417. The van der Waals surface area contributed by atoms with Gasteiger partial charge in [-0.3, -0.25) is 4.79 Å². The zero-order chi connectivity index (χ0) is 19.5. The number of hydrogen-bond acceptors (Lipinski definition) is 2. The number of imidazole rings is 1. The molecule has 0 saturated heterocycles. The topological polar surface area (TPSA) is 38.1 Å². The zero-order valence-corrected chi connectivity index (χ0v) is 16.9. The first-order valence-corrected chi connectivity index (χ1v) is 10.4. The Bertz CT molecular complexity index is 955. The minimum Gasteiger partial charge on any atom is -0.334 e. The van der Waals surface area contributed by atoms with Gasteiger partial charge in [-0.2, -0.15) is 0 Å². The zero-order valence-electron chi connectivity index (χ0n) is 16.9. The maximum absolute atomic E-state index is 13.4. The number of fused-ring (bicyclic) bond motifs is 1. The van der Waals surface area contributed by atoms with E-state index in [4.69, 9.17) is 0 Å². The lowest BCUT2D eigenvalue weighted by atomic mass is 9.93. The van der Waals surface area contributed by atoms with Crippen molar-refractivity contribution in [3.63, 3.8) is 0 Å². The van der Waals surface area contributed by atoms with Crippen LogP contribution < -0.4 is 0 Å². The molecular formula is C24H29N3O. The summed E-state index contributed by atoms with van der Waals surface area (Å²) in [6, 6.07) is 14.9. The molecule has 1 aliphatic carbocycles. The summed E-state index contributed by atoms with van der Waals surface area (Å²) < 4.78 is 2.00. The Morgan fingerprint density at radius 2 is 1.79 bits per heavy atom. The summed E-state index contributed by atoms with van der Waals surface area (Å²) in [5.74, 6) is 0.188. The van der Waals surface area contributed by atoms with E-state index in [1.807, 2.05) is 29.1 Å². The second-order valence-electron chi connectivity index (χ2n) is 8.10. The monoisotopic (exact) mass is 375 g/mol. The highest BCUT2D eigenvalue weighted by Crippen LogP contribution is 2.25. The minimum atomic E-state index is 0.188. The molecular weight excluding hydrogens is 346 g/mol. The Kier molecular flexibility index (Phi) is 5.47. The van der Waals surface area contributed by atoms with Gasteiger partial charge in [0.15, 0.2) is 0 Å². The Morgan fingerprint density at radius 3 is 2.54 bits per heavy atom. The molecule has 1 heterocycles. The van der Waals surface area contributed by atoms with Gasteiger partial charge in [0.2, 0.25) is 5.91 Å². The van der Waals surface area contributed by atoms with Crippen molar-refractivity contribution in [2.75, 3.05) is 0 Å². The molecule has 1 amide bonds. The second kappa shape index (κ2) is 8.17. The molecule has 0 unspecified atom stereocenters. The normalized spacial score (nSPS) is 15.1. The average molecular weight is 376 g/mol. The smallest absolute Gasteiger partial charge is 0.243 e. The van der Waals surface area contributed by atoms with Crippen LogP contribution in [-0.4, -0.2) is 26.4 Å². The first-order chi connectivity index (χ1) is 13.6. The van der Waals surface area contributed by atoms with E-state index in [-0.39, 0.29) is 5.91 Å². The summed E-state index contributed by atoms with van der Waals surface area (Å²) in [7, 11) is 0. The number of carbonyl (C=O) groups excluding carboxylic acids is 1. The fourth-order valence-electron chi connectivity index (χ4n) is 4.27.